The average Bonchev–Trinajstić information content (AvgIpc) is 2.59. The summed E-state index contributed by atoms with van der Waals surface area (Å²) in [5, 5.41) is 2.83. The highest BCUT2D eigenvalue weighted by molar-refractivity contribution is 5.68. The summed E-state index contributed by atoms with van der Waals surface area (Å²) in [4.78, 5) is 11.6. The molecule has 2 aromatic carbocycles. The van der Waals surface area contributed by atoms with Gasteiger partial charge < -0.3 is 19.5 Å². The van der Waals surface area contributed by atoms with Gasteiger partial charge in [0.1, 0.15) is 11.5 Å². The summed E-state index contributed by atoms with van der Waals surface area (Å²) in [6, 6.07) is 14.7. The van der Waals surface area contributed by atoms with Crippen molar-refractivity contribution in [3.05, 3.63) is 59.7 Å². The molecule has 0 aliphatic carbocycles. The number of carbonyl (C=O) groups excluding carboxylic acids is 1. The average molecular weight is 301 g/mol. The Morgan fingerprint density at radius 3 is 1.55 bits per heavy atom. The molecule has 0 saturated heterocycles. The first kappa shape index (κ1) is 15.7. The second kappa shape index (κ2) is 7.36. The van der Waals surface area contributed by atoms with Crippen molar-refractivity contribution in [1.29, 1.82) is 0 Å². The van der Waals surface area contributed by atoms with Crippen molar-refractivity contribution < 1.29 is 19.0 Å². The first-order valence-corrected chi connectivity index (χ1v) is 6.80. The fourth-order valence-corrected chi connectivity index (χ4v) is 2.13. The lowest BCUT2D eigenvalue weighted by molar-refractivity contribution is 0.168. The van der Waals surface area contributed by atoms with Crippen LogP contribution in [0.3, 0.4) is 0 Å². The van der Waals surface area contributed by atoms with E-state index in [-0.39, 0.29) is 6.04 Å². The summed E-state index contributed by atoms with van der Waals surface area (Å²) >= 11 is 0. The van der Waals surface area contributed by atoms with Gasteiger partial charge in [0.2, 0.25) is 0 Å². The predicted molar refractivity (Wildman–Crippen MR) is 83.4 cm³/mol. The number of ether oxygens (including phenoxy) is 3. The molecule has 5 nitrogen and oxygen atoms in total. The molecule has 2 aromatic rings. The van der Waals surface area contributed by atoms with Crippen molar-refractivity contribution in [2.45, 2.75) is 6.04 Å². The van der Waals surface area contributed by atoms with Crippen LogP contribution in [0.4, 0.5) is 4.79 Å². The maximum absolute atomic E-state index is 11.6. The molecular weight excluding hydrogens is 282 g/mol. The maximum Gasteiger partial charge on any atom is 0.407 e. The van der Waals surface area contributed by atoms with E-state index in [2.05, 4.69) is 5.32 Å². The second-order valence-electron chi connectivity index (χ2n) is 4.62. The zero-order chi connectivity index (χ0) is 15.9. The van der Waals surface area contributed by atoms with Gasteiger partial charge in [0.15, 0.2) is 0 Å². The second-order valence-corrected chi connectivity index (χ2v) is 4.62. The van der Waals surface area contributed by atoms with Crippen LogP contribution in [0.15, 0.2) is 48.5 Å². The molecule has 2 rings (SSSR count). The minimum Gasteiger partial charge on any atom is -0.497 e. The number of nitrogens with one attached hydrogen (secondary N) is 1. The molecule has 0 aliphatic rings. The van der Waals surface area contributed by atoms with Crippen molar-refractivity contribution >= 4 is 6.09 Å². The van der Waals surface area contributed by atoms with E-state index in [1.54, 1.807) is 14.2 Å². The molecule has 0 bridgehead atoms. The number of alkyl carbamates (subject to hydrolysis) is 1. The van der Waals surface area contributed by atoms with Gasteiger partial charge in [-0.2, -0.15) is 0 Å². The molecule has 22 heavy (non-hydrogen) atoms. The van der Waals surface area contributed by atoms with Crippen molar-refractivity contribution in [3.8, 4) is 11.5 Å². The van der Waals surface area contributed by atoms with Crippen LogP contribution in [0.5, 0.6) is 11.5 Å². The predicted octanol–water partition coefficient (Wildman–Crippen LogP) is 3.15. The van der Waals surface area contributed by atoms with Crippen LogP contribution in [0.2, 0.25) is 0 Å². The molecule has 5 heteroatoms. The van der Waals surface area contributed by atoms with E-state index in [1.807, 2.05) is 48.5 Å². The lowest BCUT2D eigenvalue weighted by Gasteiger charge is -2.19. The first-order chi connectivity index (χ1) is 10.7. The van der Waals surface area contributed by atoms with Crippen molar-refractivity contribution in [3.63, 3.8) is 0 Å². The molecule has 0 atom stereocenters. The fourth-order valence-electron chi connectivity index (χ4n) is 2.13. The highest BCUT2D eigenvalue weighted by Crippen LogP contribution is 2.26. The number of carbonyl (C=O) groups is 1. The topological polar surface area (TPSA) is 56.8 Å². The first-order valence-electron chi connectivity index (χ1n) is 6.80. The van der Waals surface area contributed by atoms with Gasteiger partial charge in [0, 0.05) is 0 Å². The molecule has 0 aliphatic heterocycles. The third-order valence-electron chi connectivity index (χ3n) is 3.35. The summed E-state index contributed by atoms with van der Waals surface area (Å²) in [6.45, 7) is 0. The number of amides is 1. The zero-order valence-corrected chi connectivity index (χ0v) is 12.8. The van der Waals surface area contributed by atoms with Gasteiger partial charge in [-0.25, -0.2) is 4.79 Å². The van der Waals surface area contributed by atoms with E-state index in [9.17, 15) is 4.79 Å². The van der Waals surface area contributed by atoms with Gasteiger partial charge in [-0.05, 0) is 35.4 Å². The maximum atomic E-state index is 11.6. The number of hydrogen-bond acceptors (Lipinski definition) is 4. The Kier molecular flexibility index (Phi) is 5.25. The minimum absolute atomic E-state index is 0.315. The van der Waals surface area contributed by atoms with Gasteiger partial charge in [0.25, 0.3) is 0 Å². The number of hydrogen-bond donors (Lipinski definition) is 1. The van der Waals surface area contributed by atoms with Gasteiger partial charge in [0.05, 0.1) is 27.4 Å². The molecule has 0 aromatic heterocycles. The van der Waals surface area contributed by atoms with Gasteiger partial charge in [-0.1, -0.05) is 24.3 Å². The van der Waals surface area contributed by atoms with Crippen LogP contribution >= 0.6 is 0 Å². The smallest absolute Gasteiger partial charge is 0.407 e. The minimum atomic E-state index is -0.489. The molecule has 0 heterocycles. The Bertz CT molecular complexity index is 560. The molecule has 0 fully saturated rings. The molecule has 116 valence electrons. The summed E-state index contributed by atoms with van der Waals surface area (Å²) in [5.74, 6) is 1.52. The van der Waals surface area contributed by atoms with Crippen molar-refractivity contribution in [2.75, 3.05) is 21.3 Å². The lowest BCUT2D eigenvalue weighted by atomic mass is 9.98. The molecule has 0 spiro atoms. The molecule has 0 radical (unpaired) electrons. The number of benzene rings is 2. The van der Waals surface area contributed by atoms with Crippen LogP contribution < -0.4 is 14.8 Å². The van der Waals surface area contributed by atoms with Gasteiger partial charge in [-0.15, -0.1) is 0 Å². The van der Waals surface area contributed by atoms with E-state index in [0.717, 1.165) is 22.6 Å². The van der Waals surface area contributed by atoms with E-state index in [4.69, 9.17) is 14.2 Å². The Morgan fingerprint density at radius 1 is 0.818 bits per heavy atom. The Balaban J connectivity index is 2.33. The summed E-state index contributed by atoms with van der Waals surface area (Å²) in [7, 11) is 4.57. The van der Waals surface area contributed by atoms with E-state index in [1.165, 1.54) is 7.11 Å². The van der Waals surface area contributed by atoms with Crippen LogP contribution in [0, 0.1) is 0 Å². The van der Waals surface area contributed by atoms with E-state index in [0.29, 0.717) is 0 Å². The van der Waals surface area contributed by atoms with E-state index >= 15 is 0 Å². The highest BCUT2D eigenvalue weighted by atomic mass is 16.5. The van der Waals surface area contributed by atoms with Crippen LogP contribution in [0.1, 0.15) is 17.2 Å². The standard InChI is InChI=1S/C17H19NO4/c1-20-14-8-4-12(5-9-14)16(18-17(19)22-3)13-6-10-15(21-2)11-7-13/h4-11,16H,1-3H3,(H,18,19). The summed E-state index contributed by atoms with van der Waals surface area (Å²) < 4.78 is 15.0. The monoisotopic (exact) mass is 301 g/mol. The van der Waals surface area contributed by atoms with Crippen molar-refractivity contribution in [1.82, 2.24) is 5.32 Å². The molecular formula is C17H19NO4. The van der Waals surface area contributed by atoms with Crippen LogP contribution in [0.25, 0.3) is 0 Å². The normalized spacial score (nSPS) is 10.2. The lowest BCUT2D eigenvalue weighted by Crippen LogP contribution is -2.29. The van der Waals surface area contributed by atoms with Crippen LogP contribution in [-0.2, 0) is 4.74 Å². The third kappa shape index (κ3) is 3.69. The van der Waals surface area contributed by atoms with Crippen molar-refractivity contribution in [2.24, 2.45) is 0 Å². The molecule has 1 amide bonds. The third-order valence-corrected chi connectivity index (χ3v) is 3.35. The molecule has 0 unspecified atom stereocenters. The quantitative estimate of drug-likeness (QED) is 0.921. The molecule has 1 N–H and O–H groups in total. The zero-order valence-electron chi connectivity index (χ0n) is 12.8. The Labute approximate surface area is 129 Å². The Morgan fingerprint density at radius 2 is 1.23 bits per heavy atom. The Hall–Kier alpha value is -2.69. The largest absolute Gasteiger partial charge is 0.497 e. The number of rotatable bonds is 5. The highest BCUT2D eigenvalue weighted by Gasteiger charge is 2.17. The summed E-state index contributed by atoms with van der Waals surface area (Å²) in [5.41, 5.74) is 1.85. The fraction of sp³-hybridized carbons (Fsp3) is 0.235. The van der Waals surface area contributed by atoms with Crippen LogP contribution in [-0.4, -0.2) is 27.4 Å². The van der Waals surface area contributed by atoms with E-state index < -0.39 is 6.09 Å². The number of methoxy groups -OCH3 is 3. The van der Waals surface area contributed by atoms with Gasteiger partial charge in [-0.3, -0.25) is 0 Å². The SMILES string of the molecule is COC(=O)NC(c1ccc(OC)cc1)c1ccc(OC)cc1. The van der Waals surface area contributed by atoms with Gasteiger partial charge >= 0.3 is 6.09 Å². The molecule has 0 saturated carbocycles. The summed E-state index contributed by atoms with van der Waals surface area (Å²) in [6.07, 6.45) is -0.489.